The van der Waals surface area contributed by atoms with Gasteiger partial charge in [0.1, 0.15) is 5.76 Å². The molecule has 2 aromatic heterocycles. The zero-order chi connectivity index (χ0) is 17.1. The van der Waals surface area contributed by atoms with Crippen molar-refractivity contribution in [1.82, 2.24) is 15.0 Å². The molecule has 0 radical (unpaired) electrons. The number of likely N-dealkylation sites (tertiary alicyclic amines) is 1. The lowest BCUT2D eigenvalue weighted by Crippen LogP contribution is -2.39. The van der Waals surface area contributed by atoms with Crippen LogP contribution in [-0.4, -0.2) is 34.0 Å². The van der Waals surface area contributed by atoms with Crippen LogP contribution in [0.4, 0.5) is 0 Å². The summed E-state index contributed by atoms with van der Waals surface area (Å²) in [7, 11) is 0. The quantitative estimate of drug-likeness (QED) is 0.828. The molecule has 0 spiro atoms. The smallest absolute Gasteiger partial charge is 0.222 e. The summed E-state index contributed by atoms with van der Waals surface area (Å²) in [5.41, 5.74) is 3.13. The van der Waals surface area contributed by atoms with Crippen molar-refractivity contribution in [2.45, 2.75) is 58.8 Å². The van der Waals surface area contributed by atoms with Crippen molar-refractivity contribution in [3.05, 3.63) is 33.1 Å². The summed E-state index contributed by atoms with van der Waals surface area (Å²) in [6, 6.07) is 0. The highest BCUT2D eigenvalue weighted by Crippen LogP contribution is 2.30. The molecule has 1 atom stereocenters. The van der Waals surface area contributed by atoms with E-state index in [1.165, 1.54) is 5.01 Å². The lowest BCUT2D eigenvalue weighted by molar-refractivity contribution is -0.132. The number of aromatic nitrogens is 2. The fourth-order valence-electron chi connectivity index (χ4n) is 3.33. The van der Waals surface area contributed by atoms with Gasteiger partial charge in [-0.3, -0.25) is 4.79 Å². The van der Waals surface area contributed by atoms with Gasteiger partial charge in [0.05, 0.1) is 16.4 Å². The normalized spacial score (nSPS) is 18.1. The van der Waals surface area contributed by atoms with Crippen molar-refractivity contribution in [2.75, 3.05) is 13.1 Å². The summed E-state index contributed by atoms with van der Waals surface area (Å²) in [6.07, 6.45) is 4.39. The van der Waals surface area contributed by atoms with Crippen LogP contribution in [0.25, 0.3) is 0 Å². The molecule has 3 heterocycles. The molecular weight excluding hydrogens is 322 g/mol. The van der Waals surface area contributed by atoms with Gasteiger partial charge in [-0.2, -0.15) is 0 Å². The van der Waals surface area contributed by atoms with E-state index in [0.717, 1.165) is 55.1 Å². The predicted molar refractivity (Wildman–Crippen MR) is 94.3 cm³/mol. The zero-order valence-electron chi connectivity index (χ0n) is 14.7. The molecule has 1 saturated heterocycles. The van der Waals surface area contributed by atoms with Crippen LogP contribution >= 0.6 is 11.3 Å². The van der Waals surface area contributed by atoms with Crippen LogP contribution in [0.1, 0.15) is 59.8 Å². The molecule has 3 rings (SSSR count). The van der Waals surface area contributed by atoms with Crippen LogP contribution in [-0.2, 0) is 17.6 Å². The van der Waals surface area contributed by atoms with Gasteiger partial charge in [0, 0.05) is 36.4 Å². The average Bonchev–Trinajstić information content (AvgIpc) is 3.20. The Morgan fingerprint density at radius 1 is 1.46 bits per heavy atom. The zero-order valence-corrected chi connectivity index (χ0v) is 15.5. The van der Waals surface area contributed by atoms with Crippen LogP contribution < -0.4 is 0 Å². The van der Waals surface area contributed by atoms with Gasteiger partial charge in [-0.05, 0) is 39.5 Å². The Morgan fingerprint density at radius 3 is 2.96 bits per heavy atom. The van der Waals surface area contributed by atoms with E-state index in [1.807, 2.05) is 18.7 Å². The Labute approximate surface area is 147 Å². The van der Waals surface area contributed by atoms with E-state index in [2.05, 4.69) is 17.5 Å². The molecule has 2 aromatic rings. The number of carbonyl (C=O) groups excluding carboxylic acids is 1. The summed E-state index contributed by atoms with van der Waals surface area (Å²) in [6.45, 7) is 7.63. The van der Waals surface area contributed by atoms with Crippen molar-refractivity contribution >= 4 is 17.2 Å². The third-order valence-corrected chi connectivity index (χ3v) is 5.88. The average molecular weight is 347 g/mol. The lowest BCUT2D eigenvalue weighted by Gasteiger charge is -2.32. The molecule has 1 aliphatic rings. The number of hydrogen-bond donors (Lipinski definition) is 0. The van der Waals surface area contributed by atoms with Gasteiger partial charge in [0.25, 0.3) is 0 Å². The molecule has 0 bridgehead atoms. The summed E-state index contributed by atoms with van der Waals surface area (Å²) < 4.78 is 5.18. The maximum atomic E-state index is 12.6. The maximum absolute atomic E-state index is 12.6. The third-order valence-electron chi connectivity index (χ3n) is 4.83. The molecule has 130 valence electrons. The molecule has 0 saturated carbocycles. The van der Waals surface area contributed by atoms with E-state index in [1.54, 1.807) is 11.3 Å². The van der Waals surface area contributed by atoms with Gasteiger partial charge in [-0.25, -0.2) is 4.98 Å². The third kappa shape index (κ3) is 3.69. The van der Waals surface area contributed by atoms with Crippen LogP contribution in [0.15, 0.2) is 9.90 Å². The van der Waals surface area contributed by atoms with Gasteiger partial charge in [0.2, 0.25) is 5.91 Å². The predicted octanol–water partition coefficient (Wildman–Crippen LogP) is 3.65. The Morgan fingerprint density at radius 2 is 2.29 bits per heavy atom. The number of amides is 1. The van der Waals surface area contributed by atoms with Gasteiger partial charge in [-0.15, -0.1) is 11.3 Å². The van der Waals surface area contributed by atoms with Gasteiger partial charge in [-0.1, -0.05) is 12.1 Å². The lowest BCUT2D eigenvalue weighted by atomic mass is 9.98. The van der Waals surface area contributed by atoms with E-state index < -0.39 is 0 Å². The minimum atomic E-state index is 0.229. The molecule has 0 aliphatic carbocycles. The number of thiazole rings is 1. The first kappa shape index (κ1) is 17.1. The topological polar surface area (TPSA) is 59.2 Å². The van der Waals surface area contributed by atoms with Gasteiger partial charge in [0.15, 0.2) is 0 Å². The SMILES string of the molecule is CCc1csc([C@H]2CCCN(C(=O)CCc3c(C)noc3C)C2)n1. The van der Waals surface area contributed by atoms with Crippen LogP contribution in [0.5, 0.6) is 0 Å². The summed E-state index contributed by atoms with van der Waals surface area (Å²) in [5, 5.41) is 7.30. The minimum absolute atomic E-state index is 0.229. The first-order valence-corrected chi connectivity index (χ1v) is 9.60. The second kappa shape index (κ2) is 7.47. The highest BCUT2D eigenvalue weighted by molar-refractivity contribution is 7.09. The number of carbonyl (C=O) groups is 1. The number of rotatable bonds is 5. The molecule has 0 N–H and O–H groups in total. The Bertz CT molecular complexity index is 687. The summed E-state index contributed by atoms with van der Waals surface area (Å²) in [5.74, 6) is 1.45. The first-order chi connectivity index (χ1) is 11.6. The molecule has 0 aromatic carbocycles. The molecular formula is C18H25N3O2S. The number of hydrogen-bond acceptors (Lipinski definition) is 5. The fourth-order valence-corrected chi connectivity index (χ4v) is 4.36. The monoisotopic (exact) mass is 347 g/mol. The Balaban J connectivity index is 1.58. The number of aryl methyl sites for hydroxylation is 3. The maximum Gasteiger partial charge on any atom is 0.222 e. The highest BCUT2D eigenvalue weighted by Gasteiger charge is 2.26. The highest BCUT2D eigenvalue weighted by atomic mass is 32.1. The molecule has 1 fully saturated rings. The number of nitrogens with zero attached hydrogens (tertiary/aromatic N) is 3. The molecule has 6 heteroatoms. The Hall–Kier alpha value is -1.69. The van der Waals surface area contributed by atoms with Crippen LogP contribution in [0.2, 0.25) is 0 Å². The van der Waals surface area contributed by atoms with E-state index in [0.29, 0.717) is 18.8 Å². The van der Waals surface area contributed by atoms with E-state index in [-0.39, 0.29) is 5.91 Å². The molecule has 0 unspecified atom stereocenters. The van der Waals surface area contributed by atoms with Crippen molar-refractivity contribution in [3.63, 3.8) is 0 Å². The van der Waals surface area contributed by atoms with Crippen molar-refractivity contribution in [3.8, 4) is 0 Å². The van der Waals surface area contributed by atoms with E-state index >= 15 is 0 Å². The van der Waals surface area contributed by atoms with Crippen molar-refractivity contribution in [1.29, 1.82) is 0 Å². The van der Waals surface area contributed by atoms with Crippen LogP contribution in [0.3, 0.4) is 0 Å². The molecule has 1 amide bonds. The summed E-state index contributed by atoms with van der Waals surface area (Å²) in [4.78, 5) is 19.3. The second-order valence-corrected chi connectivity index (χ2v) is 7.40. The van der Waals surface area contributed by atoms with Crippen molar-refractivity contribution in [2.24, 2.45) is 0 Å². The fraction of sp³-hybridized carbons (Fsp3) is 0.611. The van der Waals surface area contributed by atoms with E-state index in [4.69, 9.17) is 9.51 Å². The minimum Gasteiger partial charge on any atom is -0.361 e. The first-order valence-electron chi connectivity index (χ1n) is 8.72. The van der Waals surface area contributed by atoms with Gasteiger partial charge >= 0.3 is 0 Å². The van der Waals surface area contributed by atoms with E-state index in [9.17, 15) is 4.79 Å². The number of piperidine rings is 1. The largest absolute Gasteiger partial charge is 0.361 e. The van der Waals surface area contributed by atoms with Crippen molar-refractivity contribution < 1.29 is 9.32 Å². The van der Waals surface area contributed by atoms with Gasteiger partial charge < -0.3 is 9.42 Å². The molecule has 24 heavy (non-hydrogen) atoms. The van der Waals surface area contributed by atoms with Crippen LogP contribution in [0, 0.1) is 13.8 Å². The summed E-state index contributed by atoms with van der Waals surface area (Å²) >= 11 is 1.74. The standard InChI is InChI=1S/C18H25N3O2S/c1-4-15-11-24-18(19-15)14-6-5-9-21(10-14)17(22)8-7-16-12(2)20-23-13(16)3/h11,14H,4-10H2,1-3H3/t14-/m0/s1. The second-order valence-electron chi connectivity index (χ2n) is 6.51. The molecule has 5 nitrogen and oxygen atoms in total. The Kier molecular flexibility index (Phi) is 5.33. The molecule has 1 aliphatic heterocycles.